The molecule has 0 amide bonds. The first-order valence-corrected chi connectivity index (χ1v) is 7.55. The number of pyridine rings is 1. The van der Waals surface area contributed by atoms with E-state index in [4.69, 9.17) is 10.5 Å². The second-order valence-electron chi connectivity index (χ2n) is 5.59. The molecule has 3 rings (SSSR count). The van der Waals surface area contributed by atoms with Gasteiger partial charge in [0.05, 0.1) is 11.5 Å². The predicted octanol–water partition coefficient (Wildman–Crippen LogP) is 2.53. The standard InChI is InChI=1S/C18H16FN3O2/c1-3-22-10(2)7-14-16(18(22)23)15(13(9-20)17(21)24-14)11-5-4-6-12(19)8-11/h4-8,15H,3,21H2,1-2H3/t15-/m0/s1. The van der Waals surface area contributed by atoms with Crippen LogP contribution in [-0.4, -0.2) is 4.57 Å². The number of fused-ring (bicyclic) bond motifs is 1. The van der Waals surface area contributed by atoms with Crippen molar-refractivity contribution in [2.75, 3.05) is 0 Å². The van der Waals surface area contributed by atoms with Crippen molar-refractivity contribution in [3.63, 3.8) is 0 Å². The predicted molar refractivity (Wildman–Crippen MR) is 86.8 cm³/mol. The first-order valence-electron chi connectivity index (χ1n) is 7.55. The molecule has 0 bridgehead atoms. The highest BCUT2D eigenvalue weighted by Crippen LogP contribution is 2.40. The van der Waals surface area contributed by atoms with Gasteiger partial charge in [0.2, 0.25) is 5.88 Å². The molecule has 0 unspecified atom stereocenters. The summed E-state index contributed by atoms with van der Waals surface area (Å²) in [6, 6.07) is 9.54. The van der Waals surface area contributed by atoms with Gasteiger partial charge in [0.15, 0.2) is 0 Å². The van der Waals surface area contributed by atoms with Crippen LogP contribution >= 0.6 is 0 Å². The summed E-state index contributed by atoms with van der Waals surface area (Å²) in [6.07, 6.45) is 0. The van der Waals surface area contributed by atoms with Crippen LogP contribution in [0, 0.1) is 24.1 Å². The lowest BCUT2D eigenvalue weighted by molar-refractivity contribution is 0.388. The second kappa shape index (κ2) is 5.85. The zero-order valence-corrected chi connectivity index (χ0v) is 13.3. The van der Waals surface area contributed by atoms with E-state index in [1.807, 2.05) is 13.0 Å². The molecule has 0 saturated carbocycles. The lowest BCUT2D eigenvalue weighted by Crippen LogP contribution is -2.32. The van der Waals surface area contributed by atoms with Crippen molar-refractivity contribution in [1.29, 1.82) is 5.26 Å². The molecule has 1 atom stereocenters. The fourth-order valence-corrected chi connectivity index (χ4v) is 3.10. The van der Waals surface area contributed by atoms with Crippen LogP contribution in [0.1, 0.15) is 29.7 Å². The van der Waals surface area contributed by atoms with Gasteiger partial charge in [-0.25, -0.2) is 4.39 Å². The summed E-state index contributed by atoms with van der Waals surface area (Å²) in [7, 11) is 0. The van der Waals surface area contributed by atoms with Gasteiger partial charge in [-0.2, -0.15) is 5.26 Å². The SMILES string of the molecule is CCn1c(C)cc2c(c1=O)[C@@H](c1cccc(F)c1)C(C#N)=C(N)O2. The topological polar surface area (TPSA) is 81.0 Å². The molecule has 1 aromatic heterocycles. The van der Waals surface area contributed by atoms with Gasteiger partial charge in [0.1, 0.15) is 23.2 Å². The van der Waals surface area contributed by atoms with E-state index in [-0.39, 0.29) is 17.0 Å². The number of aromatic nitrogens is 1. The van der Waals surface area contributed by atoms with Crippen molar-refractivity contribution in [3.8, 4) is 11.8 Å². The minimum atomic E-state index is -0.750. The number of rotatable bonds is 2. The highest BCUT2D eigenvalue weighted by Gasteiger charge is 2.34. The van der Waals surface area contributed by atoms with Gasteiger partial charge in [-0.05, 0) is 31.5 Å². The van der Waals surface area contributed by atoms with Gasteiger partial charge in [-0.3, -0.25) is 4.79 Å². The molecule has 2 N–H and O–H groups in total. The van der Waals surface area contributed by atoms with Gasteiger partial charge in [0, 0.05) is 18.3 Å². The summed E-state index contributed by atoms with van der Waals surface area (Å²) in [4.78, 5) is 12.9. The molecule has 1 aromatic carbocycles. The number of aryl methyl sites for hydroxylation is 1. The largest absolute Gasteiger partial charge is 0.440 e. The van der Waals surface area contributed by atoms with Crippen molar-refractivity contribution >= 4 is 0 Å². The Morgan fingerprint density at radius 3 is 2.79 bits per heavy atom. The molecule has 2 aromatic rings. The van der Waals surface area contributed by atoms with E-state index in [2.05, 4.69) is 0 Å². The second-order valence-corrected chi connectivity index (χ2v) is 5.59. The lowest BCUT2D eigenvalue weighted by atomic mass is 9.84. The monoisotopic (exact) mass is 325 g/mol. The van der Waals surface area contributed by atoms with E-state index in [1.54, 1.807) is 23.6 Å². The number of hydrogen-bond acceptors (Lipinski definition) is 4. The molecule has 0 fully saturated rings. The van der Waals surface area contributed by atoms with Crippen LogP contribution in [0.25, 0.3) is 0 Å². The molecule has 0 aliphatic carbocycles. The molecule has 5 nitrogen and oxygen atoms in total. The summed E-state index contributed by atoms with van der Waals surface area (Å²) in [5.74, 6) is -0.944. The van der Waals surface area contributed by atoms with E-state index >= 15 is 0 Å². The number of halogens is 1. The van der Waals surface area contributed by atoms with E-state index in [0.717, 1.165) is 5.69 Å². The van der Waals surface area contributed by atoms with Crippen molar-refractivity contribution in [3.05, 3.63) is 74.8 Å². The number of hydrogen-bond donors (Lipinski definition) is 1. The highest BCUT2D eigenvalue weighted by molar-refractivity contribution is 5.55. The Labute approximate surface area is 138 Å². The third kappa shape index (κ3) is 2.35. The van der Waals surface area contributed by atoms with Gasteiger partial charge in [0.25, 0.3) is 5.56 Å². The maximum atomic E-state index is 13.7. The van der Waals surface area contributed by atoms with Crippen LogP contribution in [0.5, 0.6) is 5.75 Å². The molecule has 1 aliphatic rings. The number of allylic oxidation sites excluding steroid dienone is 1. The number of ether oxygens (including phenoxy) is 1. The molecule has 0 saturated heterocycles. The molecular formula is C18H16FN3O2. The minimum Gasteiger partial charge on any atom is -0.440 e. The van der Waals surface area contributed by atoms with Crippen molar-refractivity contribution in [2.45, 2.75) is 26.3 Å². The molecule has 2 heterocycles. The van der Waals surface area contributed by atoms with E-state index in [9.17, 15) is 14.4 Å². The average Bonchev–Trinajstić information content (AvgIpc) is 2.54. The normalized spacial score (nSPS) is 16.3. The first kappa shape index (κ1) is 15.8. The fraction of sp³-hybridized carbons (Fsp3) is 0.222. The molecule has 0 radical (unpaired) electrons. The molecule has 0 spiro atoms. The summed E-state index contributed by atoms with van der Waals surface area (Å²) in [6.45, 7) is 4.14. The van der Waals surface area contributed by atoms with Crippen LogP contribution in [0.15, 0.2) is 46.6 Å². The Bertz CT molecular complexity index is 954. The molecular weight excluding hydrogens is 309 g/mol. The van der Waals surface area contributed by atoms with Crippen LogP contribution in [-0.2, 0) is 6.54 Å². The molecule has 24 heavy (non-hydrogen) atoms. The smallest absolute Gasteiger partial charge is 0.258 e. The highest BCUT2D eigenvalue weighted by atomic mass is 19.1. The third-order valence-corrected chi connectivity index (χ3v) is 4.19. The fourth-order valence-electron chi connectivity index (χ4n) is 3.10. The molecule has 122 valence electrons. The van der Waals surface area contributed by atoms with Crippen LogP contribution < -0.4 is 16.0 Å². The van der Waals surface area contributed by atoms with E-state index in [1.165, 1.54) is 18.2 Å². The van der Waals surface area contributed by atoms with Crippen molar-refractivity contribution in [2.24, 2.45) is 5.73 Å². The Morgan fingerprint density at radius 2 is 2.17 bits per heavy atom. The lowest BCUT2D eigenvalue weighted by Gasteiger charge is -2.27. The summed E-state index contributed by atoms with van der Waals surface area (Å²) >= 11 is 0. The van der Waals surface area contributed by atoms with Crippen LogP contribution in [0.4, 0.5) is 4.39 Å². The van der Waals surface area contributed by atoms with E-state index < -0.39 is 11.7 Å². The summed E-state index contributed by atoms with van der Waals surface area (Å²) < 4.78 is 20.8. The van der Waals surface area contributed by atoms with Crippen molar-refractivity contribution < 1.29 is 9.13 Å². The summed E-state index contributed by atoms with van der Waals surface area (Å²) in [5.41, 5.74) is 7.24. The Balaban J connectivity index is 2.36. The Kier molecular flexibility index (Phi) is 3.86. The average molecular weight is 325 g/mol. The van der Waals surface area contributed by atoms with Crippen molar-refractivity contribution in [1.82, 2.24) is 4.57 Å². The number of nitriles is 1. The maximum absolute atomic E-state index is 13.7. The molecule has 1 aliphatic heterocycles. The van der Waals surface area contributed by atoms with Gasteiger partial charge < -0.3 is 15.0 Å². The Morgan fingerprint density at radius 1 is 1.42 bits per heavy atom. The number of nitrogens with two attached hydrogens (primary N) is 1. The number of nitrogens with zero attached hydrogens (tertiary/aromatic N) is 2. The zero-order valence-electron chi connectivity index (χ0n) is 13.3. The van der Waals surface area contributed by atoms with Gasteiger partial charge >= 0.3 is 0 Å². The number of benzene rings is 1. The maximum Gasteiger partial charge on any atom is 0.258 e. The van der Waals surface area contributed by atoms with Crippen LogP contribution in [0.2, 0.25) is 0 Å². The Hall–Kier alpha value is -3.07. The molecule has 6 heteroatoms. The zero-order chi connectivity index (χ0) is 17.4. The summed E-state index contributed by atoms with van der Waals surface area (Å²) in [5, 5.41) is 9.49. The quantitative estimate of drug-likeness (QED) is 0.920. The van der Waals surface area contributed by atoms with E-state index in [0.29, 0.717) is 23.4 Å². The van der Waals surface area contributed by atoms with Crippen LogP contribution in [0.3, 0.4) is 0 Å². The third-order valence-electron chi connectivity index (χ3n) is 4.19. The van der Waals surface area contributed by atoms with Gasteiger partial charge in [-0.15, -0.1) is 0 Å². The minimum absolute atomic E-state index is 0.0627. The first-order chi connectivity index (χ1) is 11.5. The van der Waals surface area contributed by atoms with Gasteiger partial charge in [-0.1, -0.05) is 12.1 Å².